The Bertz CT molecular complexity index is 603. The van der Waals surface area contributed by atoms with Crippen LogP contribution in [-0.2, 0) is 6.42 Å². The lowest BCUT2D eigenvalue weighted by molar-refractivity contribution is 0.399. The van der Waals surface area contributed by atoms with Crippen LogP contribution in [0.1, 0.15) is 24.1 Å². The van der Waals surface area contributed by atoms with E-state index in [1.54, 1.807) is 25.3 Å². The molecular weight excluding hydrogens is 289 g/mol. The molecule has 0 saturated heterocycles. The summed E-state index contributed by atoms with van der Waals surface area (Å²) in [5, 5.41) is 4.07. The van der Waals surface area contributed by atoms with Gasteiger partial charge in [-0.25, -0.2) is 4.39 Å². The zero-order valence-electron chi connectivity index (χ0n) is 12.2. The molecule has 0 spiro atoms. The average Bonchev–Trinajstić information content (AvgIpc) is 2.47. The topological polar surface area (TPSA) is 21.3 Å². The molecule has 0 aliphatic heterocycles. The molecule has 112 valence electrons. The summed E-state index contributed by atoms with van der Waals surface area (Å²) in [5.74, 6) is 0.558. The second-order valence-electron chi connectivity index (χ2n) is 4.83. The van der Waals surface area contributed by atoms with Gasteiger partial charge in [-0.3, -0.25) is 0 Å². The molecule has 0 fully saturated rings. The van der Waals surface area contributed by atoms with E-state index in [9.17, 15) is 4.39 Å². The minimum Gasteiger partial charge on any atom is -0.496 e. The van der Waals surface area contributed by atoms with Gasteiger partial charge in [0.05, 0.1) is 7.11 Å². The second-order valence-corrected chi connectivity index (χ2v) is 5.27. The molecule has 0 heterocycles. The second kappa shape index (κ2) is 7.43. The summed E-state index contributed by atoms with van der Waals surface area (Å²) in [6, 6.07) is 12.2. The van der Waals surface area contributed by atoms with Crippen molar-refractivity contribution in [2.45, 2.75) is 19.4 Å². The Morgan fingerprint density at radius 1 is 1.24 bits per heavy atom. The van der Waals surface area contributed by atoms with Crippen LogP contribution < -0.4 is 10.1 Å². The fourth-order valence-corrected chi connectivity index (χ4v) is 2.60. The number of benzene rings is 2. The lowest BCUT2D eigenvalue weighted by Crippen LogP contribution is -2.23. The molecule has 0 bridgehead atoms. The highest BCUT2D eigenvalue weighted by atomic mass is 35.5. The zero-order chi connectivity index (χ0) is 15.2. The molecule has 2 rings (SSSR count). The Kier molecular flexibility index (Phi) is 5.59. The van der Waals surface area contributed by atoms with Gasteiger partial charge >= 0.3 is 0 Å². The van der Waals surface area contributed by atoms with Crippen LogP contribution in [0.4, 0.5) is 4.39 Å². The molecular formula is C17H19ClFNO. The first-order chi connectivity index (χ1) is 10.1. The molecule has 0 saturated carbocycles. The van der Waals surface area contributed by atoms with Gasteiger partial charge in [0.1, 0.15) is 11.6 Å². The molecule has 1 atom stereocenters. The van der Waals surface area contributed by atoms with E-state index in [4.69, 9.17) is 16.3 Å². The maximum absolute atomic E-state index is 13.3. The number of likely N-dealkylation sites (N-methyl/N-ethyl adjacent to an activating group) is 1. The zero-order valence-corrected chi connectivity index (χ0v) is 13.0. The fourth-order valence-electron chi connectivity index (χ4n) is 2.42. The van der Waals surface area contributed by atoms with Crippen molar-refractivity contribution in [3.8, 4) is 5.75 Å². The van der Waals surface area contributed by atoms with Crippen molar-refractivity contribution < 1.29 is 9.13 Å². The van der Waals surface area contributed by atoms with Gasteiger partial charge < -0.3 is 10.1 Å². The Morgan fingerprint density at radius 2 is 2.05 bits per heavy atom. The summed E-state index contributed by atoms with van der Waals surface area (Å²) in [6.07, 6.45) is 0.669. The third kappa shape index (κ3) is 4.19. The Balaban J connectivity index is 2.32. The first-order valence-electron chi connectivity index (χ1n) is 6.95. The van der Waals surface area contributed by atoms with Gasteiger partial charge in [-0.2, -0.15) is 0 Å². The summed E-state index contributed by atoms with van der Waals surface area (Å²) in [6.45, 7) is 2.84. The van der Waals surface area contributed by atoms with E-state index in [2.05, 4.69) is 5.32 Å². The fraction of sp³-hybridized carbons (Fsp3) is 0.294. The standard InChI is InChI=1S/C17H19ClFNO/c1-3-20-16(10-12-5-4-6-14(19)9-12)15-11-13(18)7-8-17(15)21-2/h4-9,11,16,20H,3,10H2,1-2H3. The lowest BCUT2D eigenvalue weighted by Gasteiger charge is -2.21. The smallest absolute Gasteiger partial charge is 0.123 e. The van der Waals surface area contributed by atoms with E-state index in [1.807, 2.05) is 25.1 Å². The van der Waals surface area contributed by atoms with Crippen molar-refractivity contribution in [2.75, 3.05) is 13.7 Å². The Hall–Kier alpha value is -1.58. The number of hydrogen-bond acceptors (Lipinski definition) is 2. The number of halogens is 2. The highest BCUT2D eigenvalue weighted by Gasteiger charge is 2.16. The molecule has 2 nitrogen and oxygen atoms in total. The predicted octanol–water partition coefficient (Wildman–Crippen LogP) is 4.38. The summed E-state index contributed by atoms with van der Waals surface area (Å²) in [5.41, 5.74) is 1.92. The number of ether oxygens (including phenoxy) is 1. The molecule has 2 aromatic carbocycles. The number of methoxy groups -OCH3 is 1. The van der Waals surface area contributed by atoms with Crippen LogP contribution in [0.5, 0.6) is 5.75 Å². The van der Waals surface area contributed by atoms with Crippen molar-refractivity contribution in [2.24, 2.45) is 0 Å². The van der Waals surface area contributed by atoms with E-state index in [0.717, 1.165) is 23.4 Å². The molecule has 1 N–H and O–H groups in total. The van der Waals surface area contributed by atoms with E-state index in [1.165, 1.54) is 6.07 Å². The summed E-state index contributed by atoms with van der Waals surface area (Å²) >= 11 is 6.10. The third-order valence-corrected chi connectivity index (χ3v) is 3.58. The monoisotopic (exact) mass is 307 g/mol. The quantitative estimate of drug-likeness (QED) is 0.855. The molecule has 21 heavy (non-hydrogen) atoms. The molecule has 0 aliphatic carbocycles. The van der Waals surface area contributed by atoms with Crippen molar-refractivity contribution in [1.82, 2.24) is 5.32 Å². The van der Waals surface area contributed by atoms with Crippen molar-refractivity contribution in [1.29, 1.82) is 0 Å². The lowest BCUT2D eigenvalue weighted by atomic mass is 9.98. The van der Waals surface area contributed by atoms with Crippen molar-refractivity contribution in [3.63, 3.8) is 0 Å². The van der Waals surface area contributed by atoms with Gasteiger partial charge in [-0.1, -0.05) is 30.7 Å². The molecule has 0 amide bonds. The Morgan fingerprint density at radius 3 is 2.71 bits per heavy atom. The number of hydrogen-bond donors (Lipinski definition) is 1. The maximum Gasteiger partial charge on any atom is 0.123 e. The highest BCUT2D eigenvalue weighted by Crippen LogP contribution is 2.30. The highest BCUT2D eigenvalue weighted by molar-refractivity contribution is 6.30. The number of rotatable bonds is 6. The van der Waals surface area contributed by atoms with E-state index in [-0.39, 0.29) is 11.9 Å². The summed E-state index contributed by atoms with van der Waals surface area (Å²) < 4.78 is 18.8. The summed E-state index contributed by atoms with van der Waals surface area (Å²) in [7, 11) is 1.64. The molecule has 0 radical (unpaired) electrons. The third-order valence-electron chi connectivity index (χ3n) is 3.35. The van der Waals surface area contributed by atoms with Crippen molar-refractivity contribution >= 4 is 11.6 Å². The normalized spacial score (nSPS) is 12.2. The maximum atomic E-state index is 13.3. The van der Waals surface area contributed by atoms with Crippen LogP contribution in [0.3, 0.4) is 0 Å². The molecule has 4 heteroatoms. The van der Waals surface area contributed by atoms with Crippen LogP contribution in [0.25, 0.3) is 0 Å². The molecule has 2 aromatic rings. The first-order valence-corrected chi connectivity index (χ1v) is 7.33. The van der Waals surface area contributed by atoms with Gasteiger partial charge in [-0.15, -0.1) is 0 Å². The van der Waals surface area contributed by atoms with Crippen LogP contribution in [0.2, 0.25) is 5.02 Å². The van der Waals surface area contributed by atoms with Gasteiger partial charge in [0.15, 0.2) is 0 Å². The SMILES string of the molecule is CCNC(Cc1cccc(F)c1)c1cc(Cl)ccc1OC. The van der Waals surface area contributed by atoms with E-state index < -0.39 is 0 Å². The molecule has 0 aliphatic rings. The minimum absolute atomic E-state index is 0.0189. The van der Waals surface area contributed by atoms with Crippen molar-refractivity contribution in [3.05, 3.63) is 64.4 Å². The summed E-state index contributed by atoms with van der Waals surface area (Å²) in [4.78, 5) is 0. The van der Waals surface area contributed by atoms with Gasteiger partial charge in [0.2, 0.25) is 0 Å². The first kappa shape index (κ1) is 15.8. The number of nitrogens with one attached hydrogen (secondary N) is 1. The van der Waals surface area contributed by atoms with Gasteiger partial charge in [0, 0.05) is 16.6 Å². The van der Waals surface area contributed by atoms with Crippen LogP contribution in [0, 0.1) is 5.82 Å². The van der Waals surface area contributed by atoms with Crippen LogP contribution in [-0.4, -0.2) is 13.7 Å². The molecule has 0 aromatic heterocycles. The van der Waals surface area contributed by atoms with E-state index >= 15 is 0 Å². The van der Waals surface area contributed by atoms with E-state index in [0.29, 0.717) is 11.4 Å². The molecule has 1 unspecified atom stereocenters. The Labute approximate surface area is 129 Å². The predicted molar refractivity (Wildman–Crippen MR) is 84.5 cm³/mol. The van der Waals surface area contributed by atoms with Gasteiger partial charge in [-0.05, 0) is 48.9 Å². The largest absolute Gasteiger partial charge is 0.496 e. The van der Waals surface area contributed by atoms with Gasteiger partial charge in [0.25, 0.3) is 0 Å². The van der Waals surface area contributed by atoms with Crippen LogP contribution >= 0.6 is 11.6 Å². The average molecular weight is 308 g/mol. The minimum atomic E-state index is -0.221. The van der Waals surface area contributed by atoms with Crippen LogP contribution in [0.15, 0.2) is 42.5 Å².